The van der Waals surface area contributed by atoms with Crippen molar-refractivity contribution >= 4 is 5.96 Å². The number of aliphatic imine (C=N–C) groups is 1. The lowest BCUT2D eigenvalue weighted by Crippen LogP contribution is -2.40. The minimum absolute atomic E-state index is 0.335. The summed E-state index contributed by atoms with van der Waals surface area (Å²) in [4.78, 5) is 4.68. The summed E-state index contributed by atoms with van der Waals surface area (Å²) < 4.78 is 0. The molecule has 16 heavy (non-hydrogen) atoms. The number of nitrogens with one attached hydrogen (secondary N) is 1. The van der Waals surface area contributed by atoms with Gasteiger partial charge in [-0.25, -0.2) is 4.99 Å². The SMILES string of the molecule is CC1(C)CCCC1N=C(N)NC1CCCC1. The Morgan fingerprint density at radius 3 is 2.44 bits per heavy atom. The van der Waals surface area contributed by atoms with Crippen molar-refractivity contribution in [2.45, 2.75) is 70.9 Å². The summed E-state index contributed by atoms with van der Waals surface area (Å²) in [5.41, 5.74) is 6.33. The van der Waals surface area contributed by atoms with Crippen LogP contribution in [0.15, 0.2) is 4.99 Å². The Morgan fingerprint density at radius 1 is 1.19 bits per heavy atom. The predicted molar refractivity (Wildman–Crippen MR) is 68.4 cm³/mol. The summed E-state index contributed by atoms with van der Waals surface area (Å²) in [5.74, 6) is 0.673. The number of hydrogen-bond acceptors (Lipinski definition) is 1. The van der Waals surface area contributed by atoms with Crippen molar-refractivity contribution in [1.82, 2.24) is 5.32 Å². The third-order valence-electron chi connectivity index (χ3n) is 4.20. The highest BCUT2D eigenvalue weighted by Gasteiger charge is 2.34. The molecule has 2 aliphatic carbocycles. The van der Waals surface area contributed by atoms with E-state index >= 15 is 0 Å². The van der Waals surface area contributed by atoms with E-state index in [9.17, 15) is 0 Å². The first-order valence-corrected chi connectivity index (χ1v) is 6.68. The minimum Gasteiger partial charge on any atom is -0.370 e. The summed E-state index contributed by atoms with van der Waals surface area (Å²) in [6, 6.07) is 0.995. The van der Waals surface area contributed by atoms with Gasteiger partial charge < -0.3 is 11.1 Å². The van der Waals surface area contributed by atoms with Gasteiger partial charge in [-0.05, 0) is 31.1 Å². The maximum absolute atomic E-state index is 5.99. The van der Waals surface area contributed by atoms with Gasteiger partial charge in [0.2, 0.25) is 0 Å². The molecule has 1 atom stereocenters. The van der Waals surface area contributed by atoms with E-state index in [0.717, 1.165) is 0 Å². The maximum atomic E-state index is 5.99. The minimum atomic E-state index is 0.335. The Bertz CT molecular complexity index is 264. The molecule has 2 aliphatic rings. The van der Waals surface area contributed by atoms with Crippen molar-refractivity contribution in [3.63, 3.8) is 0 Å². The zero-order chi connectivity index (χ0) is 11.6. The fourth-order valence-corrected chi connectivity index (χ4v) is 3.03. The van der Waals surface area contributed by atoms with Gasteiger partial charge in [0.25, 0.3) is 0 Å². The molecule has 1 unspecified atom stereocenters. The molecule has 0 aromatic carbocycles. The van der Waals surface area contributed by atoms with E-state index in [4.69, 9.17) is 5.73 Å². The van der Waals surface area contributed by atoms with Gasteiger partial charge in [-0.3, -0.25) is 0 Å². The third-order valence-corrected chi connectivity index (χ3v) is 4.20. The normalized spacial score (nSPS) is 30.9. The van der Waals surface area contributed by atoms with E-state index in [-0.39, 0.29) is 0 Å². The first-order valence-electron chi connectivity index (χ1n) is 6.68. The van der Waals surface area contributed by atoms with E-state index < -0.39 is 0 Å². The Labute approximate surface area is 98.9 Å². The molecule has 0 saturated heterocycles. The van der Waals surface area contributed by atoms with E-state index in [1.807, 2.05) is 0 Å². The second-order valence-electron chi connectivity index (χ2n) is 6.04. The maximum Gasteiger partial charge on any atom is 0.189 e. The Kier molecular flexibility index (Phi) is 3.41. The molecule has 0 amide bonds. The Morgan fingerprint density at radius 2 is 1.88 bits per heavy atom. The smallest absolute Gasteiger partial charge is 0.189 e. The van der Waals surface area contributed by atoms with Crippen LogP contribution in [0.2, 0.25) is 0 Å². The van der Waals surface area contributed by atoms with Gasteiger partial charge in [-0.2, -0.15) is 0 Å². The monoisotopic (exact) mass is 223 g/mol. The van der Waals surface area contributed by atoms with Crippen LogP contribution in [0, 0.1) is 5.41 Å². The largest absolute Gasteiger partial charge is 0.370 e. The summed E-state index contributed by atoms with van der Waals surface area (Å²) in [7, 11) is 0. The summed E-state index contributed by atoms with van der Waals surface area (Å²) >= 11 is 0. The fourth-order valence-electron chi connectivity index (χ4n) is 3.03. The van der Waals surface area contributed by atoms with Crippen LogP contribution < -0.4 is 11.1 Å². The van der Waals surface area contributed by atoms with Crippen LogP contribution in [0.3, 0.4) is 0 Å². The molecule has 0 heterocycles. The topological polar surface area (TPSA) is 50.4 Å². The van der Waals surface area contributed by atoms with E-state index in [1.54, 1.807) is 0 Å². The predicted octanol–water partition coefficient (Wildman–Crippen LogP) is 2.41. The summed E-state index contributed by atoms with van der Waals surface area (Å²) in [6.45, 7) is 4.61. The molecule has 2 fully saturated rings. The zero-order valence-corrected chi connectivity index (χ0v) is 10.6. The van der Waals surface area contributed by atoms with Crippen LogP contribution in [-0.4, -0.2) is 18.0 Å². The summed E-state index contributed by atoms with van der Waals surface area (Å²) in [6.07, 6.45) is 8.93. The third kappa shape index (κ3) is 2.69. The second-order valence-corrected chi connectivity index (χ2v) is 6.04. The zero-order valence-electron chi connectivity index (χ0n) is 10.6. The fraction of sp³-hybridized carbons (Fsp3) is 0.923. The molecule has 0 spiro atoms. The van der Waals surface area contributed by atoms with Crippen molar-refractivity contribution in [2.24, 2.45) is 16.1 Å². The van der Waals surface area contributed by atoms with Gasteiger partial charge in [0.1, 0.15) is 0 Å². The first kappa shape index (κ1) is 11.7. The Balaban J connectivity index is 1.90. The molecule has 92 valence electrons. The Hall–Kier alpha value is -0.730. The van der Waals surface area contributed by atoms with Gasteiger partial charge >= 0.3 is 0 Å². The van der Waals surface area contributed by atoms with E-state index in [2.05, 4.69) is 24.2 Å². The van der Waals surface area contributed by atoms with Crippen LogP contribution in [0.1, 0.15) is 58.8 Å². The molecule has 0 bridgehead atoms. The van der Waals surface area contributed by atoms with Crippen LogP contribution in [-0.2, 0) is 0 Å². The van der Waals surface area contributed by atoms with Gasteiger partial charge in [-0.15, -0.1) is 0 Å². The number of nitrogens with two attached hydrogens (primary N) is 1. The number of hydrogen-bond donors (Lipinski definition) is 2. The lowest BCUT2D eigenvalue weighted by molar-refractivity contribution is 0.333. The average Bonchev–Trinajstić information content (AvgIpc) is 2.78. The quantitative estimate of drug-likeness (QED) is 0.558. The number of nitrogens with zero attached hydrogens (tertiary/aromatic N) is 1. The van der Waals surface area contributed by atoms with Crippen molar-refractivity contribution in [1.29, 1.82) is 0 Å². The average molecular weight is 223 g/mol. The first-order chi connectivity index (χ1) is 7.58. The lowest BCUT2D eigenvalue weighted by atomic mass is 9.88. The molecular formula is C13H25N3. The molecule has 3 heteroatoms. The van der Waals surface area contributed by atoms with Crippen LogP contribution in [0.25, 0.3) is 0 Å². The summed E-state index contributed by atoms with van der Waals surface area (Å²) in [5, 5.41) is 3.37. The molecule has 0 aromatic rings. The molecule has 2 saturated carbocycles. The highest BCUT2D eigenvalue weighted by Crippen LogP contribution is 2.39. The van der Waals surface area contributed by atoms with Gasteiger partial charge in [0.15, 0.2) is 5.96 Å². The van der Waals surface area contributed by atoms with Crippen molar-refractivity contribution in [2.75, 3.05) is 0 Å². The molecule has 3 nitrogen and oxygen atoms in total. The van der Waals surface area contributed by atoms with Crippen molar-refractivity contribution in [3.8, 4) is 0 Å². The highest BCUT2D eigenvalue weighted by molar-refractivity contribution is 5.78. The van der Waals surface area contributed by atoms with E-state index in [1.165, 1.54) is 44.9 Å². The van der Waals surface area contributed by atoms with Crippen LogP contribution in [0.5, 0.6) is 0 Å². The number of guanidine groups is 1. The molecule has 0 aromatic heterocycles. The van der Waals surface area contributed by atoms with Crippen LogP contribution in [0.4, 0.5) is 0 Å². The van der Waals surface area contributed by atoms with E-state index in [0.29, 0.717) is 23.5 Å². The standard InChI is InChI=1S/C13H25N3/c1-13(2)9-5-8-11(13)16-12(14)15-10-6-3-4-7-10/h10-11H,3-9H2,1-2H3,(H3,14,15,16). The number of rotatable bonds is 2. The highest BCUT2D eigenvalue weighted by atomic mass is 15.1. The van der Waals surface area contributed by atoms with Gasteiger partial charge in [-0.1, -0.05) is 33.1 Å². The molecule has 0 aliphatic heterocycles. The molecule has 3 N–H and O–H groups in total. The molecule has 0 radical (unpaired) electrons. The van der Waals surface area contributed by atoms with Crippen LogP contribution >= 0.6 is 0 Å². The van der Waals surface area contributed by atoms with Crippen molar-refractivity contribution < 1.29 is 0 Å². The van der Waals surface area contributed by atoms with Gasteiger partial charge in [0, 0.05) is 6.04 Å². The second kappa shape index (κ2) is 4.64. The van der Waals surface area contributed by atoms with Gasteiger partial charge in [0.05, 0.1) is 6.04 Å². The van der Waals surface area contributed by atoms with Crippen molar-refractivity contribution in [3.05, 3.63) is 0 Å². The molecule has 2 rings (SSSR count). The molecular weight excluding hydrogens is 198 g/mol. The lowest BCUT2D eigenvalue weighted by Gasteiger charge is -2.24.